The van der Waals surface area contributed by atoms with Gasteiger partial charge in [-0.3, -0.25) is 4.79 Å². The molecule has 0 fully saturated rings. The molecule has 0 radical (unpaired) electrons. The lowest BCUT2D eigenvalue weighted by atomic mass is 10.0. The van der Waals surface area contributed by atoms with Gasteiger partial charge in [0, 0.05) is 21.8 Å². The van der Waals surface area contributed by atoms with Gasteiger partial charge in [-0.05, 0) is 35.9 Å². The summed E-state index contributed by atoms with van der Waals surface area (Å²) in [6.45, 7) is 0. The van der Waals surface area contributed by atoms with Gasteiger partial charge in [0.25, 0.3) is 0 Å². The topological polar surface area (TPSA) is 85.8 Å². The molecule has 3 N–H and O–H groups in total. The number of nitrogens with one attached hydrogen (secondary N) is 1. The second-order valence-electron chi connectivity index (χ2n) is 6.43. The van der Waals surface area contributed by atoms with E-state index in [-0.39, 0.29) is 11.7 Å². The van der Waals surface area contributed by atoms with Crippen molar-refractivity contribution in [2.45, 2.75) is 5.16 Å². The van der Waals surface area contributed by atoms with Gasteiger partial charge in [-0.15, -0.1) is 10.2 Å². The van der Waals surface area contributed by atoms with Gasteiger partial charge in [0.15, 0.2) is 5.82 Å². The van der Waals surface area contributed by atoms with Crippen LogP contribution in [0.25, 0.3) is 22.5 Å². The molecule has 0 aliphatic carbocycles. The number of benzene rings is 3. The number of nitrogens with two attached hydrogens (primary N) is 1. The molecule has 0 spiro atoms. The Labute approximate surface area is 183 Å². The summed E-state index contributed by atoms with van der Waals surface area (Å²) in [6, 6.07) is 24.8. The fraction of sp³-hybridized carbons (Fsp3) is 0.0455. The van der Waals surface area contributed by atoms with E-state index in [1.165, 1.54) is 16.4 Å². The lowest BCUT2D eigenvalue weighted by Crippen LogP contribution is -2.16. The van der Waals surface area contributed by atoms with Crippen molar-refractivity contribution in [3.8, 4) is 22.5 Å². The Morgan fingerprint density at radius 2 is 1.63 bits per heavy atom. The molecule has 6 nitrogen and oxygen atoms in total. The number of carbonyl (C=O) groups excluding carboxylic acids is 1. The molecule has 0 saturated heterocycles. The Hall–Kier alpha value is -3.29. The number of para-hydroxylation sites is 1. The average Bonchev–Trinajstić information content (AvgIpc) is 3.14. The zero-order valence-corrected chi connectivity index (χ0v) is 17.4. The molecule has 1 heterocycles. The van der Waals surface area contributed by atoms with Gasteiger partial charge >= 0.3 is 0 Å². The Balaban J connectivity index is 1.44. The summed E-state index contributed by atoms with van der Waals surface area (Å²) in [7, 11) is 0. The standard InChI is InChI=1S/C22H18ClN5OS/c23-17-12-10-16(11-13-17)21-26-27-22(28(21)24)30-14-20(29)25-19-9-5-4-8-18(19)15-6-2-1-3-7-15/h1-13H,14,24H2,(H,25,29). The first kappa shape index (κ1) is 20.0. The molecule has 0 bridgehead atoms. The van der Waals surface area contributed by atoms with Crippen LogP contribution in [0.2, 0.25) is 5.02 Å². The minimum Gasteiger partial charge on any atom is -0.335 e. The van der Waals surface area contributed by atoms with Gasteiger partial charge in [0.1, 0.15) is 0 Å². The number of hydrogen-bond acceptors (Lipinski definition) is 5. The van der Waals surface area contributed by atoms with Crippen molar-refractivity contribution in [2.24, 2.45) is 0 Å². The predicted octanol–water partition coefficient (Wildman–Crippen LogP) is 4.71. The van der Waals surface area contributed by atoms with E-state index in [4.69, 9.17) is 17.4 Å². The molecule has 3 aromatic carbocycles. The molecule has 4 rings (SSSR count). The first-order chi connectivity index (χ1) is 14.6. The highest BCUT2D eigenvalue weighted by Crippen LogP contribution is 2.28. The zero-order chi connectivity index (χ0) is 20.9. The first-order valence-electron chi connectivity index (χ1n) is 9.15. The van der Waals surface area contributed by atoms with Gasteiger partial charge in [0.2, 0.25) is 11.1 Å². The van der Waals surface area contributed by atoms with E-state index in [0.717, 1.165) is 22.4 Å². The molecule has 0 saturated carbocycles. The van der Waals surface area contributed by atoms with Gasteiger partial charge < -0.3 is 11.2 Å². The molecule has 8 heteroatoms. The molecule has 1 aromatic heterocycles. The van der Waals surface area contributed by atoms with E-state index >= 15 is 0 Å². The lowest BCUT2D eigenvalue weighted by Gasteiger charge is -2.11. The summed E-state index contributed by atoms with van der Waals surface area (Å²) in [5.74, 6) is 6.62. The van der Waals surface area contributed by atoms with Crippen molar-refractivity contribution < 1.29 is 4.79 Å². The van der Waals surface area contributed by atoms with Gasteiger partial charge in [0.05, 0.1) is 5.75 Å². The van der Waals surface area contributed by atoms with E-state index in [0.29, 0.717) is 16.0 Å². The maximum Gasteiger partial charge on any atom is 0.234 e. The van der Waals surface area contributed by atoms with Crippen LogP contribution in [-0.2, 0) is 4.79 Å². The van der Waals surface area contributed by atoms with Crippen LogP contribution in [0.4, 0.5) is 5.69 Å². The monoisotopic (exact) mass is 435 g/mol. The summed E-state index contributed by atoms with van der Waals surface area (Å²) in [4.78, 5) is 12.6. The fourth-order valence-corrected chi connectivity index (χ4v) is 3.73. The third kappa shape index (κ3) is 4.48. The number of nitrogens with zero attached hydrogens (tertiary/aromatic N) is 3. The highest BCUT2D eigenvalue weighted by atomic mass is 35.5. The Kier molecular flexibility index (Phi) is 6.02. The third-order valence-corrected chi connectivity index (χ3v) is 5.58. The predicted molar refractivity (Wildman–Crippen MR) is 122 cm³/mol. The summed E-state index contributed by atoms with van der Waals surface area (Å²) in [6.07, 6.45) is 0. The van der Waals surface area contributed by atoms with Gasteiger partial charge in [-0.1, -0.05) is 71.9 Å². The molecule has 30 heavy (non-hydrogen) atoms. The van der Waals surface area contributed by atoms with Crippen LogP contribution in [0.3, 0.4) is 0 Å². The molecular formula is C22H18ClN5OS. The van der Waals surface area contributed by atoms with Crippen molar-refractivity contribution >= 4 is 35.0 Å². The molecule has 1 amide bonds. The number of carbonyl (C=O) groups is 1. The average molecular weight is 436 g/mol. The number of anilines is 1. The van der Waals surface area contributed by atoms with Gasteiger partial charge in [-0.2, -0.15) is 0 Å². The van der Waals surface area contributed by atoms with Crippen molar-refractivity contribution in [2.75, 3.05) is 16.9 Å². The number of amides is 1. The molecule has 4 aromatic rings. The van der Waals surface area contributed by atoms with E-state index < -0.39 is 0 Å². The first-order valence-corrected chi connectivity index (χ1v) is 10.5. The van der Waals surface area contributed by atoms with Crippen LogP contribution in [0.15, 0.2) is 84.0 Å². The highest BCUT2D eigenvalue weighted by Gasteiger charge is 2.15. The Morgan fingerprint density at radius 1 is 0.933 bits per heavy atom. The second-order valence-corrected chi connectivity index (χ2v) is 7.81. The van der Waals surface area contributed by atoms with Crippen LogP contribution in [0.1, 0.15) is 0 Å². The van der Waals surface area contributed by atoms with Crippen LogP contribution in [-0.4, -0.2) is 26.5 Å². The number of halogens is 1. The summed E-state index contributed by atoms with van der Waals surface area (Å²) >= 11 is 7.14. The van der Waals surface area contributed by atoms with Crippen LogP contribution in [0, 0.1) is 0 Å². The number of hydrogen-bond donors (Lipinski definition) is 2. The summed E-state index contributed by atoms with van der Waals surface area (Å²) in [5, 5.41) is 12.3. The summed E-state index contributed by atoms with van der Waals surface area (Å²) < 4.78 is 1.37. The van der Waals surface area contributed by atoms with Crippen molar-refractivity contribution in [1.82, 2.24) is 14.9 Å². The summed E-state index contributed by atoms with van der Waals surface area (Å²) in [5.41, 5.74) is 3.55. The molecule has 150 valence electrons. The maximum absolute atomic E-state index is 12.6. The third-order valence-electron chi connectivity index (χ3n) is 4.39. The smallest absolute Gasteiger partial charge is 0.234 e. The van der Waals surface area contributed by atoms with Crippen molar-refractivity contribution in [3.05, 3.63) is 83.9 Å². The minimum atomic E-state index is -0.153. The molecule has 0 atom stereocenters. The van der Waals surface area contributed by atoms with E-state index in [2.05, 4.69) is 15.5 Å². The largest absolute Gasteiger partial charge is 0.335 e. The van der Waals surface area contributed by atoms with Crippen LogP contribution < -0.4 is 11.2 Å². The molecule has 0 aliphatic rings. The SMILES string of the molecule is Nn1c(SCC(=O)Nc2ccccc2-c2ccccc2)nnc1-c1ccc(Cl)cc1. The van der Waals surface area contributed by atoms with Gasteiger partial charge in [-0.25, -0.2) is 4.68 Å². The normalized spacial score (nSPS) is 10.7. The Morgan fingerprint density at radius 3 is 2.40 bits per heavy atom. The minimum absolute atomic E-state index is 0.152. The van der Waals surface area contributed by atoms with Crippen molar-refractivity contribution in [3.63, 3.8) is 0 Å². The molecule has 0 aliphatic heterocycles. The maximum atomic E-state index is 12.6. The van der Waals surface area contributed by atoms with E-state index in [1.54, 1.807) is 12.1 Å². The zero-order valence-electron chi connectivity index (χ0n) is 15.8. The lowest BCUT2D eigenvalue weighted by molar-refractivity contribution is -0.113. The highest BCUT2D eigenvalue weighted by molar-refractivity contribution is 7.99. The van der Waals surface area contributed by atoms with Crippen LogP contribution >= 0.6 is 23.4 Å². The number of thioether (sulfide) groups is 1. The number of rotatable bonds is 6. The molecular weight excluding hydrogens is 418 g/mol. The van der Waals surface area contributed by atoms with E-state index in [1.807, 2.05) is 66.7 Å². The second kappa shape index (κ2) is 9.02. The molecule has 0 unspecified atom stereocenters. The number of aromatic nitrogens is 3. The fourth-order valence-electron chi connectivity index (χ4n) is 2.95. The Bertz CT molecular complexity index is 1160. The number of nitrogen functional groups attached to an aromatic ring is 1. The van der Waals surface area contributed by atoms with Crippen LogP contribution in [0.5, 0.6) is 0 Å². The quantitative estimate of drug-likeness (QED) is 0.338. The van der Waals surface area contributed by atoms with Crippen molar-refractivity contribution in [1.29, 1.82) is 0 Å². The van der Waals surface area contributed by atoms with E-state index in [9.17, 15) is 4.79 Å².